The molecule has 2 amide bonds. The molecule has 1 aliphatic heterocycles. The third kappa shape index (κ3) is 4.48. The average molecular weight is 447 g/mol. The van der Waals surface area contributed by atoms with Crippen LogP contribution in [-0.4, -0.2) is 58.4 Å². The van der Waals surface area contributed by atoms with E-state index in [9.17, 15) is 14.4 Å². The maximum absolute atomic E-state index is 13.0. The molecule has 170 valence electrons. The Morgan fingerprint density at radius 1 is 1.09 bits per heavy atom. The van der Waals surface area contributed by atoms with Gasteiger partial charge in [-0.05, 0) is 30.2 Å². The minimum atomic E-state index is -0.482. The van der Waals surface area contributed by atoms with Crippen molar-refractivity contribution in [2.45, 2.75) is 12.3 Å². The highest BCUT2D eigenvalue weighted by Crippen LogP contribution is 2.34. The number of carbonyl (C=O) groups excluding carboxylic acids is 2. The molecule has 0 unspecified atom stereocenters. The van der Waals surface area contributed by atoms with Crippen molar-refractivity contribution in [3.05, 3.63) is 76.0 Å². The zero-order chi connectivity index (χ0) is 23.7. The van der Waals surface area contributed by atoms with E-state index in [1.807, 2.05) is 31.1 Å². The Morgan fingerprint density at radius 2 is 1.79 bits per heavy atom. The Kier molecular flexibility index (Phi) is 5.95. The lowest BCUT2D eigenvalue weighted by atomic mass is 9.95. The number of rotatable bonds is 5. The summed E-state index contributed by atoms with van der Waals surface area (Å²) >= 11 is 0. The lowest BCUT2D eigenvalue weighted by Gasteiger charge is -2.20. The van der Waals surface area contributed by atoms with E-state index in [0.717, 1.165) is 23.2 Å². The SMILES string of the molecule is CN(C)c1ncc(-c2ccc(C(N)=O)cc2)c([C@H]2CCN(C(=O)c3ccc(=O)n(C)c3)C2)n1. The minimum absolute atomic E-state index is 0.0222. The first-order valence-corrected chi connectivity index (χ1v) is 10.6. The van der Waals surface area contributed by atoms with Gasteiger partial charge in [-0.3, -0.25) is 14.4 Å². The van der Waals surface area contributed by atoms with Crippen molar-refractivity contribution in [2.75, 3.05) is 32.1 Å². The summed E-state index contributed by atoms with van der Waals surface area (Å²) in [6.45, 7) is 1.10. The molecule has 2 aromatic heterocycles. The number of amides is 2. The Balaban J connectivity index is 1.65. The van der Waals surface area contributed by atoms with Crippen molar-refractivity contribution >= 4 is 17.8 Å². The predicted molar refractivity (Wildman–Crippen MR) is 125 cm³/mol. The van der Waals surface area contributed by atoms with Gasteiger partial charge in [0.25, 0.3) is 5.91 Å². The van der Waals surface area contributed by atoms with Gasteiger partial charge in [-0.25, -0.2) is 9.97 Å². The monoisotopic (exact) mass is 446 g/mol. The highest BCUT2D eigenvalue weighted by Gasteiger charge is 2.31. The zero-order valence-corrected chi connectivity index (χ0v) is 18.9. The van der Waals surface area contributed by atoms with E-state index in [4.69, 9.17) is 10.7 Å². The molecule has 0 spiro atoms. The van der Waals surface area contributed by atoms with E-state index in [0.29, 0.717) is 30.2 Å². The number of hydrogen-bond donors (Lipinski definition) is 1. The minimum Gasteiger partial charge on any atom is -0.366 e. The average Bonchev–Trinajstić information content (AvgIpc) is 3.30. The van der Waals surface area contributed by atoms with Crippen molar-refractivity contribution in [1.82, 2.24) is 19.4 Å². The Morgan fingerprint density at radius 3 is 2.42 bits per heavy atom. The molecule has 3 aromatic rings. The molecule has 1 aliphatic rings. The van der Waals surface area contributed by atoms with Gasteiger partial charge in [0.2, 0.25) is 17.4 Å². The largest absolute Gasteiger partial charge is 0.366 e. The van der Waals surface area contributed by atoms with Crippen LogP contribution in [0.3, 0.4) is 0 Å². The van der Waals surface area contributed by atoms with E-state index in [2.05, 4.69) is 4.98 Å². The first kappa shape index (κ1) is 22.2. The molecule has 4 rings (SSSR count). The molecule has 0 saturated carbocycles. The molecule has 1 saturated heterocycles. The first-order chi connectivity index (χ1) is 15.7. The molecular weight excluding hydrogens is 420 g/mol. The van der Waals surface area contributed by atoms with Crippen LogP contribution in [0.15, 0.2) is 53.6 Å². The van der Waals surface area contributed by atoms with Crippen molar-refractivity contribution < 1.29 is 9.59 Å². The fourth-order valence-electron chi connectivity index (χ4n) is 4.02. The standard InChI is InChI=1S/C24H26N6O3/c1-28(2)24-26-12-19(15-4-6-16(7-5-15)22(25)32)21(27-24)17-10-11-30(14-17)23(33)18-8-9-20(31)29(3)13-18/h4-9,12-13,17H,10-11,14H2,1-3H3,(H2,25,32)/t17-/m0/s1. The summed E-state index contributed by atoms with van der Waals surface area (Å²) in [6, 6.07) is 10.0. The van der Waals surface area contributed by atoms with Crippen molar-refractivity contribution in [2.24, 2.45) is 12.8 Å². The number of aromatic nitrogens is 3. The maximum atomic E-state index is 13.0. The summed E-state index contributed by atoms with van der Waals surface area (Å²) < 4.78 is 1.41. The van der Waals surface area contributed by atoms with Gasteiger partial charge in [0.05, 0.1) is 11.3 Å². The second kappa shape index (κ2) is 8.85. The second-order valence-electron chi connectivity index (χ2n) is 8.41. The second-order valence-corrected chi connectivity index (χ2v) is 8.41. The van der Waals surface area contributed by atoms with Gasteiger partial charge in [-0.2, -0.15) is 0 Å². The lowest BCUT2D eigenvalue weighted by molar-refractivity contribution is 0.0789. The molecular formula is C24H26N6O3. The lowest BCUT2D eigenvalue weighted by Crippen LogP contribution is -2.30. The molecule has 1 atom stereocenters. The number of carbonyl (C=O) groups is 2. The number of anilines is 1. The van der Waals surface area contributed by atoms with Crippen LogP contribution in [0, 0.1) is 0 Å². The summed E-state index contributed by atoms with van der Waals surface area (Å²) in [4.78, 5) is 49.1. The molecule has 0 aliphatic carbocycles. The van der Waals surface area contributed by atoms with Crippen molar-refractivity contribution in [3.8, 4) is 11.1 Å². The first-order valence-electron chi connectivity index (χ1n) is 10.6. The Labute approximate surface area is 191 Å². The van der Waals surface area contributed by atoms with E-state index >= 15 is 0 Å². The smallest absolute Gasteiger partial charge is 0.255 e. The van der Waals surface area contributed by atoms with E-state index in [-0.39, 0.29) is 17.4 Å². The summed E-state index contributed by atoms with van der Waals surface area (Å²) in [5, 5.41) is 0. The van der Waals surface area contributed by atoms with Crippen LogP contribution in [0.5, 0.6) is 0 Å². The van der Waals surface area contributed by atoms with Crippen LogP contribution in [0.25, 0.3) is 11.1 Å². The topological polar surface area (TPSA) is 114 Å². The number of pyridine rings is 1. The van der Waals surface area contributed by atoms with Crippen molar-refractivity contribution in [3.63, 3.8) is 0 Å². The van der Waals surface area contributed by atoms with E-state index in [1.165, 1.54) is 10.6 Å². The Bertz CT molecular complexity index is 1270. The predicted octanol–water partition coefficient (Wildman–Crippen LogP) is 1.64. The van der Waals surface area contributed by atoms with E-state index in [1.54, 1.807) is 42.5 Å². The van der Waals surface area contributed by atoms with Crippen LogP contribution >= 0.6 is 0 Å². The van der Waals surface area contributed by atoms with Gasteiger partial charge >= 0.3 is 0 Å². The summed E-state index contributed by atoms with van der Waals surface area (Å²) in [5.74, 6) is 0.0195. The highest BCUT2D eigenvalue weighted by atomic mass is 16.2. The van der Waals surface area contributed by atoms with Crippen LogP contribution in [0.1, 0.15) is 38.7 Å². The molecule has 2 N–H and O–H groups in total. The number of primary amides is 1. The third-order valence-corrected chi connectivity index (χ3v) is 5.88. The molecule has 9 heteroatoms. The number of nitrogens with zero attached hydrogens (tertiary/aromatic N) is 5. The third-order valence-electron chi connectivity index (χ3n) is 5.88. The maximum Gasteiger partial charge on any atom is 0.255 e. The molecule has 1 fully saturated rings. The van der Waals surface area contributed by atoms with Gasteiger partial charge in [0.1, 0.15) is 0 Å². The molecule has 9 nitrogen and oxygen atoms in total. The number of benzene rings is 1. The Hall–Kier alpha value is -4.01. The molecule has 1 aromatic carbocycles. The fourth-order valence-corrected chi connectivity index (χ4v) is 4.02. The fraction of sp³-hybridized carbons (Fsp3) is 0.292. The van der Waals surface area contributed by atoms with Crippen LogP contribution in [-0.2, 0) is 7.05 Å². The summed E-state index contributed by atoms with van der Waals surface area (Å²) in [6.07, 6.45) is 4.11. The van der Waals surface area contributed by atoms with E-state index < -0.39 is 5.91 Å². The van der Waals surface area contributed by atoms with Gasteiger partial charge in [0.15, 0.2) is 0 Å². The molecule has 3 heterocycles. The quantitative estimate of drug-likeness (QED) is 0.637. The van der Waals surface area contributed by atoms with Gasteiger partial charge in [0, 0.05) is 69.7 Å². The van der Waals surface area contributed by atoms with Crippen LogP contribution < -0.4 is 16.2 Å². The van der Waals surface area contributed by atoms with Crippen LogP contribution in [0.4, 0.5) is 5.95 Å². The molecule has 0 bridgehead atoms. The normalized spacial score (nSPS) is 15.5. The number of likely N-dealkylation sites (tertiary alicyclic amines) is 1. The van der Waals surface area contributed by atoms with Crippen molar-refractivity contribution in [1.29, 1.82) is 0 Å². The zero-order valence-electron chi connectivity index (χ0n) is 18.9. The van der Waals surface area contributed by atoms with Crippen LogP contribution in [0.2, 0.25) is 0 Å². The van der Waals surface area contributed by atoms with Gasteiger partial charge in [-0.15, -0.1) is 0 Å². The number of hydrogen-bond acceptors (Lipinski definition) is 6. The summed E-state index contributed by atoms with van der Waals surface area (Å²) in [7, 11) is 5.39. The van der Waals surface area contributed by atoms with Gasteiger partial charge < -0.3 is 20.1 Å². The molecule has 0 radical (unpaired) electrons. The summed E-state index contributed by atoms with van der Waals surface area (Å²) in [5.41, 5.74) is 8.72. The molecule has 33 heavy (non-hydrogen) atoms. The van der Waals surface area contributed by atoms with Gasteiger partial charge in [-0.1, -0.05) is 12.1 Å². The number of aryl methyl sites for hydroxylation is 1. The number of nitrogens with two attached hydrogens (primary N) is 1. The highest BCUT2D eigenvalue weighted by molar-refractivity contribution is 5.94.